The monoisotopic (exact) mass is 376 g/mol. The molecule has 25 heavy (non-hydrogen) atoms. The van der Waals surface area contributed by atoms with Gasteiger partial charge in [-0.25, -0.2) is 14.4 Å². The van der Waals surface area contributed by atoms with E-state index in [9.17, 15) is 4.39 Å². The molecule has 0 spiro atoms. The molecule has 4 nitrogen and oxygen atoms in total. The van der Waals surface area contributed by atoms with Crippen LogP contribution in [0.3, 0.4) is 0 Å². The number of nitrogens with zero attached hydrogens (tertiary/aromatic N) is 4. The fraction of sp³-hybridized carbons (Fsp3) is 0.333. The lowest BCUT2D eigenvalue weighted by Gasteiger charge is -2.35. The van der Waals surface area contributed by atoms with Crippen LogP contribution in [0.2, 0.25) is 5.02 Å². The van der Waals surface area contributed by atoms with Crippen LogP contribution in [-0.2, 0) is 0 Å². The summed E-state index contributed by atoms with van der Waals surface area (Å²) < 4.78 is 14.6. The summed E-state index contributed by atoms with van der Waals surface area (Å²) in [5.41, 5.74) is 1.32. The van der Waals surface area contributed by atoms with Gasteiger partial charge in [0.15, 0.2) is 0 Å². The van der Waals surface area contributed by atoms with E-state index in [-0.39, 0.29) is 5.02 Å². The van der Waals surface area contributed by atoms with E-state index in [1.165, 1.54) is 11.3 Å². The first-order valence-corrected chi connectivity index (χ1v) is 9.58. The van der Waals surface area contributed by atoms with E-state index >= 15 is 0 Å². The van der Waals surface area contributed by atoms with E-state index in [4.69, 9.17) is 11.6 Å². The van der Waals surface area contributed by atoms with E-state index in [2.05, 4.69) is 26.7 Å². The minimum absolute atomic E-state index is 0.131. The quantitative estimate of drug-likeness (QED) is 0.682. The van der Waals surface area contributed by atoms with Crippen molar-refractivity contribution in [3.8, 4) is 11.1 Å². The third-order valence-electron chi connectivity index (χ3n) is 4.71. The molecular formula is C18H18ClFN4S. The third kappa shape index (κ3) is 2.99. The Morgan fingerprint density at radius 1 is 1.16 bits per heavy atom. The molecule has 1 fully saturated rings. The summed E-state index contributed by atoms with van der Waals surface area (Å²) in [5.74, 6) is 0.492. The van der Waals surface area contributed by atoms with Crippen molar-refractivity contribution in [3.63, 3.8) is 0 Å². The molecule has 1 aliphatic heterocycles. The molecule has 1 aliphatic rings. The van der Waals surface area contributed by atoms with Crippen molar-refractivity contribution >= 4 is 39.0 Å². The van der Waals surface area contributed by atoms with Crippen molar-refractivity contribution < 1.29 is 4.39 Å². The van der Waals surface area contributed by atoms with Gasteiger partial charge in [-0.1, -0.05) is 30.7 Å². The van der Waals surface area contributed by atoms with E-state index in [0.717, 1.165) is 54.3 Å². The summed E-state index contributed by atoms with van der Waals surface area (Å²) in [7, 11) is 0. The Hall–Kier alpha value is -1.76. The molecule has 0 unspecified atom stereocenters. The predicted octanol–water partition coefficient (Wildman–Crippen LogP) is 4.29. The Morgan fingerprint density at radius 2 is 1.96 bits per heavy atom. The maximum absolute atomic E-state index is 14.6. The summed E-state index contributed by atoms with van der Waals surface area (Å²) in [4.78, 5) is 14.5. The lowest BCUT2D eigenvalue weighted by atomic mass is 10.0. The molecule has 0 saturated carbocycles. The van der Waals surface area contributed by atoms with Gasteiger partial charge in [0.2, 0.25) is 0 Å². The van der Waals surface area contributed by atoms with Gasteiger partial charge in [-0.15, -0.1) is 11.3 Å². The molecule has 0 radical (unpaired) electrons. The zero-order valence-corrected chi connectivity index (χ0v) is 15.4. The van der Waals surface area contributed by atoms with E-state index in [1.54, 1.807) is 24.5 Å². The highest BCUT2D eigenvalue weighted by Gasteiger charge is 2.23. The molecule has 2 aromatic heterocycles. The van der Waals surface area contributed by atoms with Gasteiger partial charge in [0.25, 0.3) is 0 Å². The van der Waals surface area contributed by atoms with E-state index in [1.807, 2.05) is 5.38 Å². The second-order valence-electron chi connectivity index (χ2n) is 6.05. The zero-order chi connectivity index (χ0) is 17.4. The van der Waals surface area contributed by atoms with Crippen molar-refractivity contribution in [2.45, 2.75) is 6.92 Å². The lowest BCUT2D eigenvalue weighted by molar-refractivity contribution is 0.271. The van der Waals surface area contributed by atoms with Gasteiger partial charge in [0, 0.05) is 42.7 Å². The van der Waals surface area contributed by atoms with E-state index in [0.29, 0.717) is 5.56 Å². The van der Waals surface area contributed by atoms with Crippen LogP contribution in [0.1, 0.15) is 6.92 Å². The van der Waals surface area contributed by atoms with Crippen LogP contribution in [0.15, 0.2) is 29.9 Å². The normalized spacial score (nSPS) is 15.9. The van der Waals surface area contributed by atoms with Crippen LogP contribution < -0.4 is 4.90 Å². The largest absolute Gasteiger partial charge is 0.353 e. The van der Waals surface area contributed by atoms with Crippen molar-refractivity contribution in [3.05, 3.63) is 40.7 Å². The molecule has 3 aromatic rings. The zero-order valence-electron chi connectivity index (χ0n) is 13.9. The van der Waals surface area contributed by atoms with Crippen LogP contribution in [0.4, 0.5) is 10.2 Å². The van der Waals surface area contributed by atoms with Crippen LogP contribution in [0.5, 0.6) is 0 Å². The highest BCUT2D eigenvalue weighted by molar-refractivity contribution is 7.17. The predicted molar refractivity (Wildman–Crippen MR) is 102 cm³/mol. The van der Waals surface area contributed by atoms with Gasteiger partial charge in [-0.05, 0) is 12.6 Å². The first kappa shape index (κ1) is 16.7. The molecule has 1 saturated heterocycles. The summed E-state index contributed by atoms with van der Waals surface area (Å²) in [6.07, 6.45) is 1.60. The summed E-state index contributed by atoms with van der Waals surface area (Å²) in [6.45, 7) is 7.07. The minimum atomic E-state index is -0.394. The molecule has 0 atom stereocenters. The topological polar surface area (TPSA) is 32.3 Å². The molecule has 0 amide bonds. The first-order chi connectivity index (χ1) is 12.2. The number of aromatic nitrogens is 2. The average molecular weight is 377 g/mol. The van der Waals surface area contributed by atoms with Gasteiger partial charge in [0.05, 0.1) is 10.4 Å². The summed E-state index contributed by atoms with van der Waals surface area (Å²) in [6, 6.07) is 5.10. The van der Waals surface area contributed by atoms with Crippen LogP contribution >= 0.6 is 22.9 Å². The minimum Gasteiger partial charge on any atom is -0.353 e. The van der Waals surface area contributed by atoms with Gasteiger partial charge >= 0.3 is 0 Å². The van der Waals surface area contributed by atoms with Crippen molar-refractivity contribution in [1.29, 1.82) is 0 Å². The number of hydrogen-bond donors (Lipinski definition) is 0. The maximum Gasteiger partial charge on any atom is 0.149 e. The van der Waals surface area contributed by atoms with Crippen molar-refractivity contribution in [2.75, 3.05) is 37.6 Å². The molecule has 0 aliphatic carbocycles. The summed E-state index contributed by atoms with van der Waals surface area (Å²) >= 11 is 7.49. The number of anilines is 1. The first-order valence-electron chi connectivity index (χ1n) is 8.33. The molecule has 0 bridgehead atoms. The molecule has 3 heterocycles. The fourth-order valence-corrected chi connectivity index (χ4v) is 4.36. The number of benzene rings is 1. The van der Waals surface area contributed by atoms with Gasteiger partial charge in [0.1, 0.15) is 22.8 Å². The fourth-order valence-electron chi connectivity index (χ4n) is 3.29. The Balaban J connectivity index is 1.81. The molecule has 1 aromatic carbocycles. The summed E-state index contributed by atoms with van der Waals surface area (Å²) in [5, 5.41) is 2.99. The Bertz CT molecular complexity index is 905. The van der Waals surface area contributed by atoms with Gasteiger partial charge in [-0.2, -0.15) is 0 Å². The van der Waals surface area contributed by atoms with Crippen molar-refractivity contribution in [1.82, 2.24) is 14.9 Å². The molecular weight excluding hydrogens is 359 g/mol. The molecule has 130 valence electrons. The Morgan fingerprint density at radius 3 is 2.72 bits per heavy atom. The van der Waals surface area contributed by atoms with Gasteiger partial charge < -0.3 is 9.80 Å². The molecule has 7 heteroatoms. The molecule has 0 N–H and O–H groups in total. The number of likely N-dealkylation sites (N-methyl/N-ethyl adjacent to an activating group) is 1. The highest BCUT2D eigenvalue weighted by Crippen LogP contribution is 2.40. The average Bonchev–Trinajstić information content (AvgIpc) is 3.08. The van der Waals surface area contributed by atoms with E-state index < -0.39 is 5.82 Å². The Labute approximate surface area is 154 Å². The highest BCUT2D eigenvalue weighted by atomic mass is 35.5. The number of halogens is 2. The Kier molecular flexibility index (Phi) is 4.58. The third-order valence-corrected chi connectivity index (χ3v) is 5.89. The number of fused-ring (bicyclic) bond motifs is 1. The number of piperazine rings is 1. The molecule has 4 rings (SSSR count). The lowest BCUT2D eigenvalue weighted by Crippen LogP contribution is -2.46. The number of rotatable bonds is 3. The number of thiophene rings is 1. The number of hydrogen-bond acceptors (Lipinski definition) is 5. The second kappa shape index (κ2) is 6.86. The van der Waals surface area contributed by atoms with Crippen molar-refractivity contribution in [2.24, 2.45) is 0 Å². The standard InChI is InChI=1S/C18H18ClFN4S/c1-2-23-6-8-24(9-7-23)17-15-13(10-25-18(15)22-11-21-17)12-4-3-5-14(19)16(12)20/h3-5,10-11H,2,6-9H2,1H3. The van der Waals surface area contributed by atoms with Gasteiger partial charge in [-0.3, -0.25) is 0 Å². The maximum atomic E-state index is 14.6. The SMILES string of the molecule is CCN1CCN(c2ncnc3scc(-c4cccc(Cl)c4F)c23)CC1. The smallest absolute Gasteiger partial charge is 0.149 e. The van der Waals surface area contributed by atoms with Crippen LogP contribution in [0, 0.1) is 5.82 Å². The van der Waals surface area contributed by atoms with Crippen LogP contribution in [0.25, 0.3) is 21.3 Å². The van der Waals surface area contributed by atoms with Crippen LogP contribution in [-0.4, -0.2) is 47.6 Å². The second-order valence-corrected chi connectivity index (χ2v) is 7.31.